The van der Waals surface area contributed by atoms with Gasteiger partial charge < -0.3 is 10.6 Å². The molecular formula is C23H23N3O4S2. The highest BCUT2D eigenvalue weighted by Gasteiger charge is 2.30. The van der Waals surface area contributed by atoms with E-state index < -0.39 is 21.8 Å². The Kier molecular flexibility index (Phi) is 6.03. The van der Waals surface area contributed by atoms with Crippen molar-refractivity contribution in [2.45, 2.75) is 30.9 Å². The van der Waals surface area contributed by atoms with Crippen LogP contribution in [-0.4, -0.2) is 26.8 Å². The lowest BCUT2D eigenvalue weighted by atomic mass is 10.0. The van der Waals surface area contributed by atoms with Crippen molar-refractivity contribution >= 4 is 50.2 Å². The Labute approximate surface area is 191 Å². The first-order chi connectivity index (χ1) is 15.3. The van der Waals surface area contributed by atoms with Crippen LogP contribution in [0.2, 0.25) is 0 Å². The van der Waals surface area contributed by atoms with Crippen molar-refractivity contribution < 1.29 is 18.0 Å². The molecule has 0 bridgehead atoms. The quantitative estimate of drug-likeness (QED) is 0.563. The van der Waals surface area contributed by atoms with Gasteiger partial charge in [0, 0.05) is 17.9 Å². The second-order valence-electron chi connectivity index (χ2n) is 7.68. The van der Waals surface area contributed by atoms with Crippen molar-refractivity contribution in [1.82, 2.24) is 0 Å². The monoisotopic (exact) mass is 469 g/mol. The second kappa shape index (κ2) is 8.76. The largest absolute Gasteiger partial charge is 0.318 e. The van der Waals surface area contributed by atoms with Gasteiger partial charge in [-0.2, -0.15) is 0 Å². The number of hydrogen-bond acceptors (Lipinski definition) is 5. The minimum Gasteiger partial charge on any atom is -0.318 e. The van der Waals surface area contributed by atoms with Crippen LogP contribution in [0.15, 0.2) is 58.1 Å². The fourth-order valence-corrected chi connectivity index (χ4v) is 6.26. The van der Waals surface area contributed by atoms with Gasteiger partial charge in [0.15, 0.2) is 0 Å². The summed E-state index contributed by atoms with van der Waals surface area (Å²) < 4.78 is 27.9. The van der Waals surface area contributed by atoms with Gasteiger partial charge in [-0.25, -0.2) is 8.42 Å². The fourth-order valence-electron chi connectivity index (χ4n) is 3.62. The molecule has 7 nitrogen and oxygen atoms in total. The number of amides is 2. The first kappa shape index (κ1) is 22.0. The third kappa shape index (κ3) is 4.39. The van der Waals surface area contributed by atoms with E-state index in [0.29, 0.717) is 30.0 Å². The van der Waals surface area contributed by atoms with Crippen LogP contribution >= 0.6 is 11.3 Å². The zero-order valence-corrected chi connectivity index (χ0v) is 19.3. The minimum atomic E-state index is -3.68. The predicted molar refractivity (Wildman–Crippen MR) is 127 cm³/mol. The maximum absolute atomic E-state index is 13.1. The van der Waals surface area contributed by atoms with E-state index in [1.54, 1.807) is 41.8 Å². The number of nitrogens with zero attached hydrogens (tertiary/aromatic N) is 1. The van der Waals surface area contributed by atoms with E-state index in [9.17, 15) is 18.0 Å². The van der Waals surface area contributed by atoms with E-state index in [1.807, 2.05) is 26.0 Å². The zero-order valence-electron chi connectivity index (χ0n) is 17.7. The fraction of sp³-hybridized carbons (Fsp3) is 0.217. The number of thiophene rings is 1. The number of carbonyl (C=O) groups excluding carboxylic acids is 2. The number of rotatable bonds is 4. The van der Waals surface area contributed by atoms with Crippen LogP contribution in [0.1, 0.15) is 23.1 Å². The van der Waals surface area contributed by atoms with E-state index in [4.69, 9.17) is 0 Å². The lowest BCUT2D eigenvalue weighted by molar-refractivity contribution is -0.133. The minimum absolute atomic E-state index is 0.271. The molecule has 1 aromatic heterocycles. The molecule has 2 aromatic carbocycles. The van der Waals surface area contributed by atoms with Gasteiger partial charge in [0.2, 0.25) is 0 Å². The van der Waals surface area contributed by atoms with Crippen molar-refractivity contribution in [3.05, 3.63) is 70.6 Å². The van der Waals surface area contributed by atoms with Gasteiger partial charge in [0.25, 0.3) is 10.0 Å². The third-order valence-electron chi connectivity index (χ3n) is 5.31. The third-order valence-corrected chi connectivity index (χ3v) is 8.49. The molecule has 9 heteroatoms. The van der Waals surface area contributed by atoms with Crippen molar-refractivity contribution in [1.29, 1.82) is 0 Å². The molecule has 3 aromatic rings. The van der Waals surface area contributed by atoms with Gasteiger partial charge in [-0.05, 0) is 73.0 Å². The second-order valence-corrected chi connectivity index (χ2v) is 10.7. The topological polar surface area (TPSA) is 95.6 Å². The number of carbonyl (C=O) groups is 2. The lowest BCUT2D eigenvalue weighted by Crippen LogP contribution is -2.35. The van der Waals surface area contributed by atoms with Gasteiger partial charge >= 0.3 is 11.8 Å². The summed E-state index contributed by atoms with van der Waals surface area (Å²) in [4.78, 5) is 24.9. The summed E-state index contributed by atoms with van der Waals surface area (Å²) in [5.74, 6) is -1.62. The van der Waals surface area contributed by atoms with Gasteiger partial charge in [0.05, 0.1) is 5.69 Å². The molecule has 166 valence electrons. The van der Waals surface area contributed by atoms with E-state index >= 15 is 0 Å². The molecule has 0 atom stereocenters. The highest BCUT2D eigenvalue weighted by Crippen LogP contribution is 2.35. The molecule has 0 radical (unpaired) electrons. The Morgan fingerprint density at radius 3 is 2.53 bits per heavy atom. The lowest BCUT2D eigenvalue weighted by Gasteiger charge is -2.30. The number of fused-ring (bicyclic) bond motifs is 1. The van der Waals surface area contributed by atoms with Gasteiger partial charge in [-0.15, -0.1) is 11.3 Å². The molecule has 1 aliphatic rings. The van der Waals surface area contributed by atoms with Crippen LogP contribution in [0, 0.1) is 13.8 Å². The van der Waals surface area contributed by atoms with Gasteiger partial charge in [-0.1, -0.05) is 24.3 Å². The van der Waals surface area contributed by atoms with Crippen molar-refractivity contribution in [3.8, 4) is 0 Å². The molecule has 2 N–H and O–H groups in total. The average Bonchev–Trinajstić information content (AvgIpc) is 3.31. The van der Waals surface area contributed by atoms with Crippen LogP contribution in [0.4, 0.5) is 17.1 Å². The summed E-state index contributed by atoms with van der Waals surface area (Å²) in [5.41, 5.74) is 4.15. The van der Waals surface area contributed by atoms with Crippen LogP contribution in [0.25, 0.3) is 0 Å². The molecule has 0 saturated heterocycles. The number of benzene rings is 2. The van der Waals surface area contributed by atoms with Crippen LogP contribution in [-0.2, 0) is 26.0 Å². The molecule has 2 heterocycles. The van der Waals surface area contributed by atoms with Crippen LogP contribution in [0.3, 0.4) is 0 Å². The summed E-state index contributed by atoms with van der Waals surface area (Å²) >= 11 is 1.17. The molecule has 0 unspecified atom stereocenters. The van der Waals surface area contributed by atoms with Crippen LogP contribution in [0.5, 0.6) is 0 Å². The maximum Gasteiger partial charge on any atom is 0.314 e. The maximum atomic E-state index is 13.1. The Bertz CT molecular complexity index is 1280. The number of hydrogen-bond donors (Lipinski definition) is 2. The Balaban J connectivity index is 1.55. The van der Waals surface area contributed by atoms with E-state index in [1.165, 1.54) is 15.6 Å². The molecule has 0 saturated carbocycles. The first-order valence-electron chi connectivity index (χ1n) is 10.1. The normalized spacial score (nSPS) is 13.4. The predicted octanol–water partition coefficient (Wildman–Crippen LogP) is 4.08. The van der Waals surface area contributed by atoms with Gasteiger partial charge in [-0.3, -0.25) is 13.9 Å². The number of anilines is 3. The Morgan fingerprint density at radius 2 is 1.78 bits per heavy atom. The molecule has 4 rings (SSSR count). The molecule has 2 amide bonds. The van der Waals surface area contributed by atoms with Crippen molar-refractivity contribution in [2.24, 2.45) is 0 Å². The smallest absolute Gasteiger partial charge is 0.314 e. The first-order valence-corrected chi connectivity index (χ1v) is 12.5. The SMILES string of the molecule is Cc1ccc(C)c(NC(=O)C(=O)Nc2ccc3c(c2)N(S(=O)(=O)c2cccs2)CCC3)c1. The summed E-state index contributed by atoms with van der Waals surface area (Å²) in [5, 5.41) is 6.94. The molecule has 0 fully saturated rings. The van der Waals surface area contributed by atoms with Crippen molar-refractivity contribution in [3.63, 3.8) is 0 Å². The summed E-state index contributed by atoms with van der Waals surface area (Å²) in [6.07, 6.45) is 1.45. The number of nitrogens with one attached hydrogen (secondary N) is 2. The molecule has 1 aliphatic heterocycles. The molecule has 0 aliphatic carbocycles. The summed E-state index contributed by atoms with van der Waals surface area (Å²) in [6, 6.07) is 14.0. The Hall–Kier alpha value is -3.17. The number of aryl methyl sites for hydroxylation is 3. The molecular weight excluding hydrogens is 446 g/mol. The standard InChI is InChI=1S/C23H23N3O4S2/c1-15-7-8-16(2)19(13-15)25-23(28)22(27)24-18-10-9-17-5-3-11-26(20(17)14-18)32(29,30)21-6-4-12-31-21/h4,6-10,12-14H,3,5,11H2,1-2H3,(H,24,27)(H,25,28). The summed E-state index contributed by atoms with van der Waals surface area (Å²) in [6.45, 7) is 4.11. The summed E-state index contributed by atoms with van der Waals surface area (Å²) in [7, 11) is -3.68. The number of sulfonamides is 1. The van der Waals surface area contributed by atoms with Crippen molar-refractivity contribution in [2.75, 3.05) is 21.5 Å². The Morgan fingerprint density at radius 1 is 1.00 bits per heavy atom. The average molecular weight is 470 g/mol. The zero-order chi connectivity index (χ0) is 22.9. The molecule has 0 spiro atoms. The van der Waals surface area contributed by atoms with E-state index in [0.717, 1.165) is 23.1 Å². The van der Waals surface area contributed by atoms with E-state index in [-0.39, 0.29) is 4.21 Å². The van der Waals surface area contributed by atoms with Crippen LogP contribution < -0.4 is 14.9 Å². The molecule has 32 heavy (non-hydrogen) atoms. The highest BCUT2D eigenvalue weighted by molar-refractivity contribution is 7.94. The van der Waals surface area contributed by atoms with E-state index in [2.05, 4.69) is 10.6 Å². The highest BCUT2D eigenvalue weighted by atomic mass is 32.2. The van der Waals surface area contributed by atoms with Gasteiger partial charge in [0.1, 0.15) is 4.21 Å².